The second-order valence-electron chi connectivity index (χ2n) is 7.79. The summed E-state index contributed by atoms with van der Waals surface area (Å²) in [5.41, 5.74) is 0.939. The average Bonchev–Trinajstić information content (AvgIpc) is 2.94. The number of amides is 1. The highest BCUT2D eigenvalue weighted by Gasteiger charge is 2.28. The predicted molar refractivity (Wildman–Crippen MR) is 118 cm³/mol. The fourth-order valence-corrected chi connectivity index (χ4v) is 5.76. The maximum atomic E-state index is 13.0. The fraction of sp³-hybridized carbons (Fsp3) is 0.571. The number of fused-ring (bicyclic) bond motifs is 1. The van der Waals surface area contributed by atoms with E-state index in [4.69, 9.17) is 4.98 Å². The lowest BCUT2D eigenvalue weighted by Crippen LogP contribution is -2.44. The molecule has 2 heterocycles. The number of aryl methyl sites for hydroxylation is 2. The molecule has 1 aliphatic rings. The van der Waals surface area contributed by atoms with Gasteiger partial charge in [0, 0.05) is 17.5 Å². The minimum Gasteiger partial charge on any atom is -0.352 e. The van der Waals surface area contributed by atoms with E-state index in [1.165, 1.54) is 29.5 Å². The summed E-state index contributed by atoms with van der Waals surface area (Å²) in [7, 11) is 0. The minimum absolute atomic E-state index is 0.00832. The second kappa shape index (κ2) is 8.82. The van der Waals surface area contributed by atoms with E-state index < -0.39 is 0 Å². The summed E-state index contributed by atoms with van der Waals surface area (Å²) in [6.45, 7) is 12.6. The lowest BCUT2D eigenvalue weighted by molar-refractivity contribution is -0.120. The highest BCUT2D eigenvalue weighted by atomic mass is 32.2. The van der Waals surface area contributed by atoms with Crippen molar-refractivity contribution >= 4 is 39.2 Å². The van der Waals surface area contributed by atoms with Gasteiger partial charge in [-0.05, 0) is 37.7 Å². The van der Waals surface area contributed by atoms with E-state index in [0.29, 0.717) is 28.9 Å². The summed E-state index contributed by atoms with van der Waals surface area (Å²) in [6.07, 6.45) is 5.14. The Bertz CT molecular complexity index is 947. The third kappa shape index (κ3) is 4.20. The molecule has 28 heavy (non-hydrogen) atoms. The van der Waals surface area contributed by atoms with Gasteiger partial charge >= 0.3 is 0 Å². The standard InChI is InChI=1S/C21H29N3O2S2/c1-6-10-24-20(26)18-14(4)15(5)28-19(18)23-21(24)27-11-17(25)22-16-9-7-8-12(2)13(16)3/h6,12-13,16H,1,7-11H2,2-5H3,(H,22,25)/t12-,13+,16+/m0/s1. The molecule has 0 radical (unpaired) electrons. The molecule has 1 saturated carbocycles. The molecule has 0 aromatic carbocycles. The molecule has 1 fully saturated rings. The maximum Gasteiger partial charge on any atom is 0.263 e. The van der Waals surface area contributed by atoms with Crippen LogP contribution in [-0.4, -0.2) is 27.3 Å². The number of allylic oxidation sites excluding steroid dienone is 1. The van der Waals surface area contributed by atoms with E-state index in [0.717, 1.165) is 28.1 Å². The monoisotopic (exact) mass is 419 g/mol. The molecule has 1 aliphatic carbocycles. The molecular formula is C21H29N3O2S2. The number of carbonyl (C=O) groups excluding carboxylic acids is 1. The van der Waals surface area contributed by atoms with Crippen molar-refractivity contribution in [3.05, 3.63) is 33.4 Å². The first kappa shape index (κ1) is 21.1. The van der Waals surface area contributed by atoms with Crippen LogP contribution in [0.1, 0.15) is 43.6 Å². The Labute approximate surface area is 174 Å². The number of nitrogens with zero attached hydrogens (tertiary/aromatic N) is 2. The van der Waals surface area contributed by atoms with Gasteiger partial charge in [-0.2, -0.15) is 0 Å². The Morgan fingerprint density at radius 3 is 2.86 bits per heavy atom. The van der Waals surface area contributed by atoms with Crippen molar-refractivity contribution in [2.45, 2.75) is 64.7 Å². The largest absolute Gasteiger partial charge is 0.352 e. The van der Waals surface area contributed by atoms with Crippen LogP contribution in [0.3, 0.4) is 0 Å². The molecular weight excluding hydrogens is 390 g/mol. The van der Waals surface area contributed by atoms with Gasteiger partial charge < -0.3 is 5.32 Å². The number of thiophene rings is 1. The van der Waals surface area contributed by atoms with Gasteiger partial charge in [0.15, 0.2) is 5.16 Å². The number of carbonyl (C=O) groups is 1. The van der Waals surface area contributed by atoms with Crippen LogP contribution in [0.15, 0.2) is 22.6 Å². The zero-order valence-corrected chi connectivity index (χ0v) is 18.7. The highest BCUT2D eigenvalue weighted by Crippen LogP contribution is 2.30. The van der Waals surface area contributed by atoms with Crippen molar-refractivity contribution in [2.24, 2.45) is 11.8 Å². The van der Waals surface area contributed by atoms with E-state index >= 15 is 0 Å². The smallest absolute Gasteiger partial charge is 0.263 e. The molecule has 7 heteroatoms. The molecule has 0 saturated heterocycles. The van der Waals surface area contributed by atoms with Crippen molar-refractivity contribution in [1.29, 1.82) is 0 Å². The topological polar surface area (TPSA) is 64.0 Å². The molecule has 1 N–H and O–H groups in total. The number of thioether (sulfide) groups is 1. The summed E-state index contributed by atoms with van der Waals surface area (Å²) in [4.78, 5) is 32.1. The van der Waals surface area contributed by atoms with Crippen LogP contribution in [0, 0.1) is 25.7 Å². The third-order valence-electron chi connectivity index (χ3n) is 5.95. The maximum absolute atomic E-state index is 13.0. The van der Waals surface area contributed by atoms with Crippen LogP contribution >= 0.6 is 23.1 Å². The van der Waals surface area contributed by atoms with E-state index in [2.05, 4.69) is 25.7 Å². The Balaban J connectivity index is 1.78. The van der Waals surface area contributed by atoms with Crippen LogP contribution in [0.25, 0.3) is 10.2 Å². The second-order valence-corrected chi connectivity index (χ2v) is 9.94. The van der Waals surface area contributed by atoms with Crippen molar-refractivity contribution in [2.75, 3.05) is 5.75 Å². The molecule has 0 aliphatic heterocycles. The lowest BCUT2D eigenvalue weighted by Gasteiger charge is -2.34. The molecule has 0 spiro atoms. The molecule has 152 valence electrons. The van der Waals surface area contributed by atoms with Crippen molar-refractivity contribution in [3.8, 4) is 0 Å². The first-order valence-corrected chi connectivity index (χ1v) is 11.7. The molecule has 2 aromatic heterocycles. The van der Waals surface area contributed by atoms with Gasteiger partial charge in [-0.25, -0.2) is 4.98 Å². The zero-order chi connectivity index (χ0) is 20.4. The average molecular weight is 420 g/mol. The fourth-order valence-electron chi connectivity index (χ4n) is 3.87. The molecule has 1 amide bonds. The normalized spacial score (nSPS) is 22.4. The van der Waals surface area contributed by atoms with E-state index in [1.807, 2.05) is 13.8 Å². The summed E-state index contributed by atoms with van der Waals surface area (Å²) in [5.74, 6) is 1.40. The number of nitrogens with one attached hydrogen (secondary N) is 1. The number of aromatic nitrogens is 2. The number of rotatable bonds is 6. The van der Waals surface area contributed by atoms with Gasteiger partial charge in [-0.1, -0.05) is 44.5 Å². The van der Waals surface area contributed by atoms with Gasteiger partial charge in [-0.3, -0.25) is 14.2 Å². The molecule has 5 nitrogen and oxygen atoms in total. The molecule has 0 bridgehead atoms. The third-order valence-corrected chi connectivity index (χ3v) is 8.03. The van der Waals surface area contributed by atoms with Gasteiger partial charge in [-0.15, -0.1) is 17.9 Å². The van der Waals surface area contributed by atoms with E-state index in [9.17, 15) is 9.59 Å². The van der Waals surface area contributed by atoms with Gasteiger partial charge in [0.2, 0.25) is 5.91 Å². The van der Waals surface area contributed by atoms with Crippen LogP contribution in [0.5, 0.6) is 0 Å². The van der Waals surface area contributed by atoms with Gasteiger partial charge in [0.25, 0.3) is 5.56 Å². The van der Waals surface area contributed by atoms with Crippen molar-refractivity contribution in [1.82, 2.24) is 14.9 Å². The van der Waals surface area contributed by atoms with Gasteiger partial charge in [0.1, 0.15) is 4.83 Å². The van der Waals surface area contributed by atoms with E-state index in [-0.39, 0.29) is 23.3 Å². The molecule has 3 rings (SSSR count). The molecule has 2 aromatic rings. The summed E-state index contributed by atoms with van der Waals surface area (Å²) in [5, 5.41) is 4.46. The molecule has 3 atom stereocenters. The van der Waals surface area contributed by atoms with Crippen LogP contribution < -0.4 is 10.9 Å². The van der Waals surface area contributed by atoms with Crippen LogP contribution in [-0.2, 0) is 11.3 Å². The Hall–Kier alpha value is -1.60. The Morgan fingerprint density at radius 1 is 1.39 bits per heavy atom. The predicted octanol–water partition coefficient (Wildman–Crippen LogP) is 4.29. The lowest BCUT2D eigenvalue weighted by atomic mass is 9.78. The van der Waals surface area contributed by atoms with Crippen LogP contribution in [0.4, 0.5) is 0 Å². The highest BCUT2D eigenvalue weighted by molar-refractivity contribution is 7.99. The Kier molecular flexibility index (Phi) is 6.65. The minimum atomic E-state index is -0.0515. The van der Waals surface area contributed by atoms with Gasteiger partial charge in [0.05, 0.1) is 11.1 Å². The first-order valence-electron chi connectivity index (χ1n) is 9.87. The van der Waals surface area contributed by atoms with Crippen molar-refractivity contribution in [3.63, 3.8) is 0 Å². The first-order chi connectivity index (χ1) is 13.3. The molecule has 0 unspecified atom stereocenters. The van der Waals surface area contributed by atoms with E-state index in [1.54, 1.807) is 10.6 Å². The summed E-state index contributed by atoms with van der Waals surface area (Å²) in [6, 6.07) is 0.241. The zero-order valence-electron chi connectivity index (χ0n) is 17.1. The van der Waals surface area contributed by atoms with Crippen LogP contribution in [0.2, 0.25) is 0 Å². The number of hydrogen-bond acceptors (Lipinski definition) is 5. The summed E-state index contributed by atoms with van der Waals surface area (Å²) >= 11 is 2.86. The quantitative estimate of drug-likeness (QED) is 0.431. The Morgan fingerprint density at radius 2 is 2.14 bits per heavy atom. The summed E-state index contributed by atoms with van der Waals surface area (Å²) < 4.78 is 1.62. The SMILES string of the molecule is C=CCn1c(SCC(=O)N[C@@H]2CCC[C@H](C)[C@H]2C)nc2sc(C)c(C)c2c1=O. The van der Waals surface area contributed by atoms with Crippen molar-refractivity contribution < 1.29 is 4.79 Å². The number of hydrogen-bond donors (Lipinski definition) is 1.